The van der Waals surface area contributed by atoms with Gasteiger partial charge in [-0.3, -0.25) is 9.59 Å². The van der Waals surface area contributed by atoms with Crippen molar-refractivity contribution < 1.29 is 19.1 Å². The number of aliphatic hydroxyl groups is 1. The Morgan fingerprint density at radius 1 is 1.35 bits per heavy atom. The Bertz CT molecular complexity index is 554. The lowest BCUT2D eigenvalue weighted by atomic mass is 10.0. The van der Waals surface area contributed by atoms with Crippen molar-refractivity contribution in [2.75, 3.05) is 13.1 Å². The molecule has 0 aromatic heterocycles. The molecule has 0 heterocycles. The van der Waals surface area contributed by atoms with E-state index in [1.54, 1.807) is 0 Å². The topological polar surface area (TPSA) is 78.4 Å². The summed E-state index contributed by atoms with van der Waals surface area (Å²) in [4.78, 5) is 23.5. The van der Waals surface area contributed by atoms with Crippen molar-refractivity contribution in [2.45, 2.75) is 32.8 Å². The van der Waals surface area contributed by atoms with Gasteiger partial charge in [-0.25, -0.2) is 4.39 Å². The zero-order valence-electron chi connectivity index (χ0n) is 13.2. The standard InChI is InChI=1S/C16H22ClFN2O3/c1-3-10(2)14(21)9-20-15(22)6-7-19-16(23)12-5-4-11(18)8-13(12)17/h4-5,8,10,14,21H,3,6-7,9H2,1-2H3,(H,19,23)(H,20,22). The fourth-order valence-corrected chi connectivity index (χ4v) is 2.09. The third-order valence-electron chi connectivity index (χ3n) is 3.62. The molecule has 23 heavy (non-hydrogen) atoms. The van der Waals surface area contributed by atoms with Crippen LogP contribution in [-0.2, 0) is 4.79 Å². The molecule has 1 aromatic carbocycles. The van der Waals surface area contributed by atoms with Crippen molar-refractivity contribution in [2.24, 2.45) is 5.92 Å². The number of halogens is 2. The zero-order valence-corrected chi connectivity index (χ0v) is 14.0. The predicted molar refractivity (Wildman–Crippen MR) is 86.8 cm³/mol. The summed E-state index contributed by atoms with van der Waals surface area (Å²) in [5.41, 5.74) is 0.153. The molecule has 2 amide bonds. The van der Waals surface area contributed by atoms with Crippen molar-refractivity contribution in [3.63, 3.8) is 0 Å². The van der Waals surface area contributed by atoms with Crippen molar-refractivity contribution >= 4 is 23.4 Å². The predicted octanol–water partition coefficient (Wildman–Crippen LogP) is 2.12. The van der Waals surface area contributed by atoms with Crippen molar-refractivity contribution in [3.8, 4) is 0 Å². The molecular weight excluding hydrogens is 323 g/mol. The van der Waals surface area contributed by atoms with Gasteiger partial charge in [0.05, 0.1) is 16.7 Å². The number of benzene rings is 1. The summed E-state index contributed by atoms with van der Waals surface area (Å²) in [5, 5.41) is 14.9. The molecule has 1 aromatic rings. The van der Waals surface area contributed by atoms with Crippen LogP contribution in [0.3, 0.4) is 0 Å². The summed E-state index contributed by atoms with van der Waals surface area (Å²) in [6, 6.07) is 3.48. The first-order valence-corrected chi connectivity index (χ1v) is 7.91. The highest BCUT2D eigenvalue weighted by Crippen LogP contribution is 2.16. The van der Waals surface area contributed by atoms with Crippen LogP contribution in [0.2, 0.25) is 5.02 Å². The van der Waals surface area contributed by atoms with E-state index < -0.39 is 17.8 Å². The molecular formula is C16H22ClFN2O3. The summed E-state index contributed by atoms with van der Waals surface area (Å²) >= 11 is 5.79. The smallest absolute Gasteiger partial charge is 0.252 e. The van der Waals surface area contributed by atoms with Gasteiger partial charge in [0.15, 0.2) is 0 Å². The van der Waals surface area contributed by atoms with Crippen LogP contribution in [0.5, 0.6) is 0 Å². The summed E-state index contributed by atoms with van der Waals surface area (Å²) < 4.78 is 12.9. The van der Waals surface area contributed by atoms with E-state index in [1.807, 2.05) is 13.8 Å². The first-order chi connectivity index (χ1) is 10.8. The van der Waals surface area contributed by atoms with E-state index in [4.69, 9.17) is 11.6 Å². The van der Waals surface area contributed by atoms with Crippen LogP contribution in [-0.4, -0.2) is 36.1 Å². The molecule has 0 saturated heterocycles. The molecule has 0 saturated carbocycles. The molecule has 0 radical (unpaired) electrons. The van der Waals surface area contributed by atoms with E-state index in [9.17, 15) is 19.1 Å². The quantitative estimate of drug-likeness (QED) is 0.676. The van der Waals surface area contributed by atoms with Crippen LogP contribution >= 0.6 is 11.6 Å². The maximum absolute atomic E-state index is 12.9. The van der Waals surface area contributed by atoms with Gasteiger partial charge < -0.3 is 15.7 Å². The molecule has 0 aliphatic heterocycles. The molecule has 0 bridgehead atoms. The number of rotatable bonds is 8. The van der Waals surface area contributed by atoms with E-state index in [0.717, 1.165) is 18.6 Å². The van der Waals surface area contributed by atoms with Gasteiger partial charge in [0, 0.05) is 19.5 Å². The van der Waals surface area contributed by atoms with E-state index >= 15 is 0 Å². The summed E-state index contributed by atoms with van der Waals surface area (Å²) in [6.07, 6.45) is 0.320. The lowest BCUT2D eigenvalue weighted by Gasteiger charge is -2.17. The third kappa shape index (κ3) is 6.54. The van der Waals surface area contributed by atoms with Crippen LogP contribution in [0.1, 0.15) is 37.0 Å². The van der Waals surface area contributed by atoms with Gasteiger partial charge in [-0.05, 0) is 24.1 Å². The highest BCUT2D eigenvalue weighted by atomic mass is 35.5. The van der Waals surface area contributed by atoms with Gasteiger partial charge in [0.1, 0.15) is 5.82 Å². The van der Waals surface area contributed by atoms with Crippen molar-refractivity contribution in [1.29, 1.82) is 0 Å². The average Bonchev–Trinajstić information content (AvgIpc) is 2.51. The normalized spacial score (nSPS) is 13.3. The summed E-state index contributed by atoms with van der Waals surface area (Å²) in [5.74, 6) is -1.15. The van der Waals surface area contributed by atoms with E-state index in [2.05, 4.69) is 10.6 Å². The zero-order chi connectivity index (χ0) is 17.4. The second-order valence-corrected chi connectivity index (χ2v) is 5.79. The Morgan fingerprint density at radius 3 is 2.65 bits per heavy atom. The maximum atomic E-state index is 12.9. The highest BCUT2D eigenvalue weighted by Gasteiger charge is 2.14. The molecule has 5 nitrogen and oxygen atoms in total. The Morgan fingerprint density at radius 2 is 2.04 bits per heavy atom. The molecule has 1 rings (SSSR count). The molecule has 0 aliphatic carbocycles. The number of hydrogen-bond acceptors (Lipinski definition) is 3. The van der Waals surface area contributed by atoms with Crippen molar-refractivity contribution in [1.82, 2.24) is 10.6 Å². The Balaban J connectivity index is 2.33. The SMILES string of the molecule is CCC(C)C(O)CNC(=O)CCNC(=O)c1ccc(F)cc1Cl. The molecule has 2 unspecified atom stereocenters. The van der Waals surface area contributed by atoms with E-state index in [-0.39, 0.29) is 41.9 Å². The number of hydrogen-bond donors (Lipinski definition) is 3. The number of carbonyl (C=O) groups is 2. The van der Waals surface area contributed by atoms with E-state index in [0.29, 0.717) is 0 Å². The molecule has 0 spiro atoms. The maximum Gasteiger partial charge on any atom is 0.252 e. The van der Waals surface area contributed by atoms with E-state index in [1.165, 1.54) is 6.07 Å². The monoisotopic (exact) mass is 344 g/mol. The van der Waals surface area contributed by atoms with Crippen molar-refractivity contribution in [3.05, 3.63) is 34.6 Å². The van der Waals surface area contributed by atoms with Crippen LogP contribution in [0.15, 0.2) is 18.2 Å². The van der Waals surface area contributed by atoms with Gasteiger partial charge in [-0.1, -0.05) is 31.9 Å². The fourth-order valence-electron chi connectivity index (χ4n) is 1.84. The molecule has 128 valence electrons. The van der Waals surface area contributed by atoms with Gasteiger partial charge in [-0.15, -0.1) is 0 Å². The van der Waals surface area contributed by atoms with Crippen LogP contribution in [0.25, 0.3) is 0 Å². The first kappa shape index (κ1) is 19.4. The lowest BCUT2D eigenvalue weighted by molar-refractivity contribution is -0.121. The average molecular weight is 345 g/mol. The molecule has 0 fully saturated rings. The van der Waals surface area contributed by atoms with Gasteiger partial charge in [0.2, 0.25) is 5.91 Å². The minimum absolute atomic E-state index is 0.0172. The van der Waals surface area contributed by atoms with Crippen LogP contribution < -0.4 is 10.6 Å². The van der Waals surface area contributed by atoms with Gasteiger partial charge in [-0.2, -0.15) is 0 Å². The van der Waals surface area contributed by atoms with Gasteiger partial charge >= 0.3 is 0 Å². The van der Waals surface area contributed by atoms with Crippen LogP contribution in [0.4, 0.5) is 4.39 Å². The molecule has 7 heteroatoms. The number of amides is 2. The molecule has 2 atom stereocenters. The second kappa shape index (κ2) is 9.47. The lowest BCUT2D eigenvalue weighted by Crippen LogP contribution is -2.37. The Hall–Kier alpha value is -1.66. The summed E-state index contributed by atoms with van der Waals surface area (Å²) in [6.45, 7) is 4.18. The minimum Gasteiger partial charge on any atom is -0.391 e. The summed E-state index contributed by atoms with van der Waals surface area (Å²) in [7, 11) is 0. The Labute approximate surface area is 140 Å². The molecule has 3 N–H and O–H groups in total. The number of carbonyl (C=O) groups excluding carboxylic acids is 2. The molecule has 0 aliphatic rings. The second-order valence-electron chi connectivity index (χ2n) is 5.39. The minimum atomic E-state index is -0.587. The Kier molecular flexibility index (Phi) is 7.98. The van der Waals surface area contributed by atoms with Crippen LogP contribution in [0, 0.1) is 11.7 Å². The first-order valence-electron chi connectivity index (χ1n) is 7.53. The largest absolute Gasteiger partial charge is 0.391 e. The number of nitrogens with one attached hydrogen (secondary N) is 2. The fraction of sp³-hybridized carbons (Fsp3) is 0.500. The third-order valence-corrected chi connectivity index (χ3v) is 3.94. The van der Waals surface area contributed by atoms with Gasteiger partial charge in [0.25, 0.3) is 5.91 Å². The highest BCUT2D eigenvalue weighted by molar-refractivity contribution is 6.33. The number of aliphatic hydroxyl groups excluding tert-OH is 1.